The van der Waals surface area contributed by atoms with E-state index in [2.05, 4.69) is 15.6 Å². The lowest BCUT2D eigenvalue weighted by atomic mass is 10.1. The molecule has 3 N–H and O–H groups in total. The van der Waals surface area contributed by atoms with Crippen molar-refractivity contribution in [3.05, 3.63) is 35.3 Å². The molecule has 2 aromatic rings. The Morgan fingerprint density at radius 3 is 2.89 bits per heavy atom. The zero-order valence-electron chi connectivity index (χ0n) is 11.1. The van der Waals surface area contributed by atoms with Crippen LogP contribution < -0.4 is 10.6 Å². The third-order valence-corrected chi connectivity index (χ3v) is 3.37. The first-order valence-corrected chi connectivity index (χ1v) is 6.81. The number of hydrogen-bond acceptors (Lipinski definition) is 1. The topological polar surface area (TPSA) is 39.8 Å². The summed E-state index contributed by atoms with van der Waals surface area (Å²) in [5.74, 6) is -0.205. The molecule has 1 heterocycles. The van der Waals surface area contributed by atoms with Crippen molar-refractivity contribution in [2.24, 2.45) is 0 Å². The first kappa shape index (κ1) is 13.8. The molecule has 0 bridgehead atoms. The molecule has 0 aliphatic heterocycles. The normalized spacial score (nSPS) is 10.7. The van der Waals surface area contributed by atoms with Crippen LogP contribution in [-0.4, -0.2) is 23.2 Å². The Morgan fingerprint density at radius 1 is 1.37 bits per heavy atom. The summed E-state index contributed by atoms with van der Waals surface area (Å²) in [7, 11) is 0. The lowest BCUT2D eigenvalue weighted by Gasteiger charge is -2.08. The van der Waals surface area contributed by atoms with Crippen LogP contribution in [0.2, 0.25) is 0 Å². The van der Waals surface area contributed by atoms with E-state index in [9.17, 15) is 4.39 Å². The SMILES string of the molecule is CCNC(=S)NCCc1c(C)[nH]c2ccc(F)cc12. The fourth-order valence-corrected chi connectivity index (χ4v) is 2.45. The molecule has 0 aliphatic carbocycles. The summed E-state index contributed by atoms with van der Waals surface area (Å²) < 4.78 is 13.3. The van der Waals surface area contributed by atoms with Crippen LogP contribution in [0.25, 0.3) is 10.9 Å². The van der Waals surface area contributed by atoms with Crippen molar-refractivity contribution in [3.63, 3.8) is 0 Å². The zero-order chi connectivity index (χ0) is 13.8. The molecule has 0 amide bonds. The van der Waals surface area contributed by atoms with Crippen molar-refractivity contribution in [1.82, 2.24) is 15.6 Å². The highest BCUT2D eigenvalue weighted by atomic mass is 32.1. The number of hydrogen-bond donors (Lipinski definition) is 3. The summed E-state index contributed by atoms with van der Waals surface area (Å²) in [6.45, 7) is 5.55. The van der Waals surface area contributed by atoms with Crippen molar-refractivity contribution in [2.75, 3.05) is 13.1 Å². The van der Waals surface area contributed by atoms with E-state index in [4.69, 9.17) is 12.2 Å². The average Bonchev–Trinajstić information content (AvgIpc) is 2.66. The van der Waals surface area contributed by atoms with E-state index in [-0.39, 0.29) is 5.82 Å². The Morgan fingerprint density at radius 2 is 2.16 bits per heavy atom. The molecule has 0 saturated heterocycles. The Bertz CT molecular complexity index is 592. The van der Waals surface area contributed by atoms with Crippen molar-refractivity contribution >= 4 is 28.2 Å². The summed E-state index contributed by atoms with van der Waals surface area (Å²) in [5.41, 5.74) is 3.20. The van der Waals surface area contributed by atoms with Crippen LogP contribution in [0.1, 0.15) is 18.2 Å². The second-order valence-corrected chi connectivity index (χ2v) is 4.86. The molecule has 0 saturated carbocycles. The summed E-state index contributed by atoms with van der Waals surface area (Å²) >= 11 is 5.11. The predicted molar refractivity (Wildman–Crippen MR) is 81.0 cm³/mol. The highest BCUT2D eigenvalue weighted by Crippen LogP contribution is 2.23. The predicted octanol–water partition coefficient (Wildman–Crippen LogP) is 2.64. The van der Waals surface area contributed by atoms with Gasteiger partial charge in [-0.05, 0) is 56.2 Å². The van der Waals surface area contributed by atoms with Gasteiger partial charge in [-0.1, -0.05) is 0 Å². The van der Waals surface area contributed by atoms with Crippen LogP contribution in [0.3, 0.4) is 0 Å². The van der Waals surface area contributed by atoms with Gasteiger partial charge in [-0.3, -0.25) is 0 Å². The summed E-state index contributed by atoms with van der Waals surface area (Å²) in [6, 6.07) is 4.83. The van der Waals surface area contributed by atoms with E-state index in [0.29, 0.717) is 5.11 Å². The van der Waals surface area contributed by atoms with Gasteiger partial charge in [0.15, 0.2) is 5.11 Å². The van der Waals surface area contributed by atoms with Gasteiger partial charge in [0.1, 0.15) is 5.82 Å². The second kappa shape index (κ2) is 6.02. The van der Waals surface area contributed by atoms with Crippen molar-refractivity contribution in [3.8, 4) is 0 Å². The monoisotopic (exact) mass is 279 g/mol. The number of rotatable bonds is 4. The number of halogens is 1. The van der Waals surface area contributed by atoms with E-state index >= 15 is 0 Å². The molecular formula is C14H18FN3S. The van der Waals surface area contributed by atoms with Gasteiger partial charge in [0.25, 0.3) is 0 Å². The third kappa shape index (κ3) is 3.23. The van der Waals surface area contributed by atoms with Crippen LogP contribution >= 0.6 is 12.2 Å². The lowest BCUT2D eigenvalue weighted by Crippen LogP contribution is -2.36. The van der Waals surface area contributed by atoms with Gasteiger partial charge in [0, 0.05) is 29.7 Å². The number of aromatic nitrogens is 1. The minimum atomic E-state index is -0.205. The van der Waals surface area contributed by atoms with Crippen LogP contribution in [0, 0.1) is 12.7 Å². The maximum absolute atomic E-state index is 13.3. The molecule has 0 spiro atoms. The molecule has 2 rings (SSSR count). The molecule has 0 fully saturated rings. The Hall–Kier alpha value is -1.62. The Labute approximate surface area is 117 Å². The molecule has 0 aliphatic rings. The van der Waals surface area contributed by atoms with Crippen LogP contribution in [0.4, 0.5) is 4.39 Å². The fourth-order valence-electron chi connectivity index (χ4n) is 2.20. The maximum Gasteiger partial charge on any atom is 0.166 e. The number of nitrogens with one attached hydrogen (secondary N) is 3. The number of H-pyrrole nitrogens is 1. The Kier molecular flexibility index (Phi) is 4.37. The fraction of sp³-hybridized carbons (Fsp3) is 0.357. The number of thiocarbonyl (C=S) groups is 1. The molecular weight excluding hydrogens is 261 g/mol. The van der Waals surface area contributed by atoms with Crippen molar-refractivity contribution in [2.45, 2.75) is 20.3 Å². The zero-order valence-corrected chi connectivity index (χ0v) is 12.0. The van der Waals surface area contributed by atoms with Gasteiger partial charge >= 0.3 is 0 Å². The van der Waals surface area contributed by atoms with E-state index < -0.39 is 0 Å². The minimum absolute atomic E-state index is 0.205. The summed E-state index contributed by atoms with van der Waals surface area (Å²) in [5, 5.41) is 7.79. The largest absolute Gasteiger partial charge is 0.363 e. The first-order valence-electron chi connectivity index (χ1n) is 6.40. The molecule has 0 unspecified atom stereocenters. The van der Waals surface area contributed by atoms with Gasteiger partial charge in [0.05, 0.1) is 0 Å². The molecule has 1 aromatic carbocycles. The van der Waals surface area contributed by atoms with Crippen molar-refractivity contribution < 1.29 is 4.39 Å². The number of aryl methyl sites for hydroxylation is 1. The first-order chi connectivity index (χ1) is 9.11. The summed E-state index contributed by atoms with van der Waals surface area (Å²) in [6.07, 6.45) is 0.806. The quantitative estimate of drug-likeness (QED) is 0.754. The molecule has 5 heteroatoms. The number of aromatic amines is 1. The van der Waals surface area contributed by atoms with E-state index in [1.54, 1.807) is 12.1 Å². The number of fused-ring (bicyclic) bond motifs is 1. The molecule has 1 aromatic heterocycles. The Balaban J connectivity index is 2.09. The standard InChI is InChI=1S/C14H18FN3S/c1-3-16-14(19)17-7-6-11-9(2)18-13-5-4-10(15)8-12(11)13/h4-5,8,18H,3,6-7H2,1-2H3,(H2,16,17,19). The number of benzene rings is 1. The van der Waals surface area contributed by atoms with Gasteiger partial charge in [0.2, 0.25) is 0 Å². The van der Waals surface area contributed by atoms with Crippen molar-refractivity contribution in [1.29, 1.82) is 0 Å². The minimum Gasteiger partial charge on any atom is -0.363 e. The molecule has 102 valence electrons. The van der Waals surface area contributed by atoms with Gasteiger partial charge in [-0.2, -0.15) is 0 Å². The lowest BCUT2D eigenvalue weighted by molar-refractivity contribution is 0.629. The van der Waals surface area contributed by atoms with Crippen LogP contribution in [0.15, 0.2) is 18.2 Å². The van der Waals surface area contributed by atoms with E-state index in [1.165, 1.54) is 6.07 Å². The van der Waals surface area contributed by atoms with Crippen LogP contribution in [-0.2, 0) is 6.42 Å². The maximum atomic E-state index is 13.3. The molecule has 3 nitrogen and oxygen atoms in total. The third-order valence-electron chi connectivity index (χ3n) is 3.08. The van der Waals surface area contributed by atoms with E-state index in [0.717, 1.165) is 41.7 Å². The average molecular weight is 279 g/mol. The molecule has 0 radical (unpaired) electrons. The molecule has 0 atom stereocenters. The summed E-state index contributed by atoms with van der Waals surface area (Å²) in [4.78, 5) is 3.27. The van der Waals surface area contributed by atoms with Gasteiger partial charge in [-0.25, -0.2) is 4.39 Å². The highest BCUT2D eigenvalue weighted by molar-refractivity contribution is 7.80. The second-order valence-electron chi connectivity index (χ2n) is 4.45. The van der Waals surface area contributed by atoms with Gasteiger partial charge in [-0.15, -0.1) is 0 Å². The van der Waals surface area contributed by atoms with Crippen LogP contribution in [0.5, 0.6) is 0 Å². The highest BCUT2D eigenvalue weighted by Gasteiger charge is 2.09. The van der Waals surface area contributed by atoms with Gasteiger partial charge < -0.3 is 15.6 Å². The van der Waals surface area contributed by atoms with E-state index in [1.807, 2.05) is 13.8 Å². The smallest absolute Gasteiger partial charge is 0.166 e. The molecule has 19 heavy (non-hydrogen) atoms.